The molecule has 0 bridgehead atoms. The van der Waals surface area contributed by atoms with Crippen LogP contribution in [0.2, 0.25) is 0 Å². The molecule has 1 aromatic heterocycles. The summed E-state index contributed by atoms with van der Waals surface area (Å²) in [6.45, 7) is 13.1. The van der Waals surface area contributed by atoms with Gasteiger partial charge in [-0.3, -0.25) is 9.69 Å². The SMILES string of the molecule is CCc1c(C(=O)NCCN(CC)C(C)C)cnn1-c1ccc(C)cc1. The highest BCUT2D eigenvalue weighted by Gasteiger charge is 2.17. The van der Waals surface area contributed by atoms with Gasteiger partial charge in [0, 0.05) is 19.1 Å². The summed E-state index contributed by atoms with van der Waals surface area (Å²) in [6, 6.07) is 8.66. The number of carbonyl (C=O) groups excluding carboxylic acids is 1. The number of hydrogen-bond donors (Lipinski definition) is 1. The van der Waals surface area contributed by atoms with Crippen molar-refractivity contribution in [1.82, 2.24) is 20.0 Å². The molecule has 0 saturated carbocycles. The Morgan fingerprint density at radius 3 is 2.48 bits per heavy atom. The maximum atomic E-state index is 12.6. The van der Waals surface area contributed by atoms with Gasteiger partial charge in [0.05, 0.1) is 23.1 Å². The molecule has 0 unspecified atom stereocenters. The lowest BCUT2D eigenvalue weighted by Crippen LogP contribution is -2.38. The number of aromatic nitrogens is 2. The second kappa shape index (κ2) is 8.81. The number of rotatable bonds is 8. The monoisotopic (exact) mass is 342 g/mol. The number of carbonyl (C=O) groups is 1. The van der Waals surface area contributed by atoms with E-state index >= 15 is 0 Å². The molecule has 0 aliphatic heterocycles. The molecule has 0 spiro atoms. The second-order valence-electron chi connectivity index (χ2n) is 6.58. The van der Waals surface area contributed by atoms with E-state index in [-0.39, 0.29) is 5.91 Å². The van der Waals surface area contributed by atoms with Gasteiger partial charge in [0.15, 0.2) is 0 Å². The normalized spacial score (nSPS) is 11.3. The molecule has 2 aromatic rings. The molecule has 1 N–H and O–H groups in total. The standard InChI is InChI=1S/C20H30N4O/c1-6-19-18(20(25)21-12-13-23(7-2)15(3)4)14-22-24(19)17-10-8-16(5)9-11-17/h8-11,14-15H,6-7,12-13H2,1-5H3,(H,21,25). The molecule has 0 saturated heterocycles. The van der Waals surface area contributed by atoms with Crippen molar-refractivity contribution in [2.45, 2.75) is 47.1 Å². The van der Waals surface area contributed by atoms with Gasteiger partial charge in [0.1, 0.15) is 0 Å². The van der Waals surface area contributed by atoms with Gasteiger partial charge in [0.2, 0.25) is 0 Å². The summed E-state index contributed by atoms with van der Waals surface area (Å²) in [7, 11) is 0. The van der Waals surface area contributed by atoms with E-state index < -0.39 is 0 Å². The number of aryl methyl sites for hydroxylation is 1. The van der Waals surface area contributed by atoms with E-state index in [0.29, 0.717) is 18.2 Å². The van der Waals surface area contributed by atoms with E-state index in [1.165, 1.54) is 5.56 Å². The Bertz CT molecular complexity index is 688. The van der Waals surface area contributed by atoms with Crippen molar-refractivity contribution < 1.29 is 4.79 Å². The van der Waals surface area contributed by atoms with Crippen molar-refractivity contribution in [2.75, 3.05) is 19.6 Å². The topological polar surface area (TPSA) is 50.2 Å². The van der Waals surface area contributed by atoms with Crippen LogP contribution in [0.15, 0.2) is 30.5 Å². The van der Waals surface area contributed by atoms with E-state index in [0.717, 1.165) is 30.9 Å². The number of amides is 1. The van der Waals surface area contributed by atoms with Crippen LogP contribution in [0.1, 0.15) is 49.3 Å². The minimum absolute atomic E-state index is 0.0463. The van der Waals surface area contributed by atoms with E-state index in [1.54, 1.807) is 6.20 Å². The zero-order valence-corrected chi connectivity index (χ0v) is 16.0. The van der Waals surface area contributed by atoms with Crippen molar-refractivity contribution in [3.8, 4) is 5.69 Å². The van der Waals surface area contributed by atoms with Gasteiger partial charge in [-0.05, 0) is 45.9 Å². The first-order valence-corrected chi connectivity index (χ1v) is 9.14. The van der Waals surface area contributed by atoms with Crippen LogP contribution in [0.5, 0.6) is 0 Å². The molecule has 5 heteroatoms. The smallest absolute Gasteiger partial charge is 0.254 e. The molecule has 1 heterocycles. The Labute approximate surface area is 151 Å². The van der Waals surface area contributed by atoms with E-state index in [1.807, 2.05) is 16.8 Å². The number of nitrogens with one attached hydrogen (secondary N) is 1. The second-order valence-corrected chi connectivity index (χ2v) is 6.58. The van der Waals surface area contributed by atoms with Crippen molar-refractivity contribution in [3.05, 3.63) is 47.3 Å². The molecule has 1 aromatic carbocycles. The van der Waals surface area contributed by atoms with E-state index in [9.17, 15) is 4.79 Å². The molecule has 0 aliphatic rings. The zero-order valence-electron chi connectivity index (χ0n) is 16.0. The van der Waals surface area contributed by atoms with Gasteiger partial charge >= 0.3 is 0 Å². The zero-order chi connectivity index (χ0) is 18.4. The summed E-state index contributed by atoms with van der Waals surface area (Å²) in [6.07, 6.45) is 2.43. The van der Waals surface area contributed by atoms with Crippen LogP contribution in [-0.4, -0.2) is 46.3 Å². The van der Waals surface area contributed by atoms with Crippen molar-refractivity contribution in [3.63, 3.8) is 0 Å². The maximum absolute atomic E-state index is 12.6. The molecular formula is C20H30N4O. The van der Waals surface area contributed by atoms with Crippen molar-refractivity contribution >= 4 is 5.91 Å². The molecule has 1 amide bonds. The minimum atomic E-state index is -0.0463. The summed E-state index contributed by atoms with van der Waals surface area (Å²) < 4.78 is 1.86. The fourth-order valence-electron chi connectivity index (χ4n) is 3.00. The minimum Gasteiger partial charge on any atom is -0.351 e. The Hall–Kier alpha value is -2.14. The number of nitrogens with zero attached hydrogens (tertiary/aromatic N) is 3. The molecule has 0 aliphatic carbocycles. The van der Waals surface area contributed by atoms with E-state index in [4.69, 9.17) is 0 Å². The van der Waals surface area contributed by atoms with E-state index in [2.05, 4.69) is 62.1 Å². The predicted octanol–water partition coefficient (Wildman–Crippen LogP) is 3.20. The lowest BCUT2D eigenvalue weighted by molar-refractivity contribution is 0.0945. The highest BCUT2D eigenvalue weighted by atomic mass is 16.1. The first-order chi connectivity index (χ1) is 12.0. The lowest BCUT2D eigenvalue weighted by Gasteiger charge is -2.24. The van der Waals surface area contributed by atoms with Gasteiger partial charge in [-0.2, -0.15) is 5.10 Å². The average molecular weight is 342 g/mol. The van der Waals surface area contributed by atoms with Gasteiger partial charge in [-0.1, -0.05) is 31.5 Å². The summed E-state index contributed by atoms with van der Waals surface area (Å²) in [5.74, 6) is -0.0463. The largest absolute Gasteiger partial charge is 0.351 e. The fourth-order valence-corrected chi connectivity index (χ4v) is 3.00. The maximum Gasteiger partial charge on any atom is 0.254 e. The van der Waals surface area contributed by atoms with Gasteiger partial charge in [-0.25, -0.2) is 4.68 Å². The molecule has 0 fully saturated rings. The predicted molar refractivity (Wildman–Crippen MR) is 102 cm³/mol. The van der Waals surface area contributed by atoms with Crippen LogP contribution >= 0.6 is 0 Å². The Morgan fingerprint density at radius 2 is 1.92 bits per heavy atom. The molecular weight excluding hydrogens is 312 g/mol. The summed E-state index contributed by atoms with van der Waals surface area (Å²) in [5, 5.41) is 7.47. The fraction of sp³-hybridized carbons (Fsp3) is 0.500. The third-order valence-electron chi connectivity index (χ3n) is 4.55. The van der Waals surface area contributed by atoms with Crippen LogP contribution in [-0.2, 0) is 6.42 Å². The molecule has 0 atom stereocenters. The van der Waals surface area contributed by atoms with Gasteiger partial charge < -0.3 is 5.32 Å². The third-order valence-corrected chi connectivity index (χ3v) is 4.55. The first-order valence-electron chi connectivity index (χ1n) is 9.14. The Balaban J connectivity index is 2.09. The summed E-state index contributed by atoms with van der Waals surface area (Å²) in [4.78, 5) is 14.9. The lowest BCUT2D eigenvalue weighted by atomic mass is 10.1. The molecule has 2 rings (SSSR count). The van der Waals surface area contributed by atoms with Crippen LogP contribution in [0.4, 0.5) is 0 Å². The third kappa shape index (κ3) is 4.69. The van der Waals surface area contributed by atoms with Crippen molar-refractivity contribution in [1.29, 1.82) is 0 Å². The van der Waals surface area contributed by atoms with Crippen LogP contribution in [0.3, 0.4) is 0 Å². The van der Waals surface area contributed by atoms with Crippen LogP contribution < -0.4 is 5.32 Å². The average Bonchev–Trinajstić information content (AvgIpc) is 3.03. The Morgan fingerprint density at radius 1 is 1.24 bits per heavy atom. The molecule has 136 valence electrons. The number of likely N-dealkylation sites (N-methyl/N-ethyl adjacent to an activating group) is 1. The first kappa shape index (κ1) is 19.2. The molecule has 5 nitrogen and oxygen atoms in total. The number of benzene rings is 1. The Kier molecular flexibility index (Phi) is 6.76. The number of hydrogen-bond acceptors (Lipinski definition) is 3. The summed E-state index contributed by atoms with van der Waals surface area (Å²) in [5.41, 5.74) is 3.80. The van der Waals surface area contributed by atoms with Crippen molar-refractivity contribution in [2.24, 2.45) is 0 Å². The quantitative estimate of drug-likeness (QED) is 0.801. The highest BCUT2D eigenvalue weighted by molar-refractivity contribution is 5.95. The molecule has 25 heavy (non-hydrogen) atoms. The summed E-state index contributed by atoms with van der Waals surface area (Å²) >= 11 is 0. The van der Waals surface area contributed by atoms with Crippen LogP contribution in [0, 0.1) is 6.92 Å². The highest BCUT2D eigenvalue weighted by Crippen LogP contribution is 2.16. The van der Waals surface area contributed by atoms with Gasteiger partial charge in [-0.15, -0.1) is 0 Å². The molecule has 0 radical (unpaired) electrons. The van der Waals surface area contributed by atoms with Gasteiger partial charge in [0.25, 0.3) is 5.91 Å². The van der Waals surface area contributed by atoms with Crippen LogP contribution in [0.25, 0.3) is 5.69 Å².